The SMILES string of the molecule is COc1cc(C(=O)N2CCN(C)c3ccccc3C2)cc(OC)c1Br. The molecule has 1 amide bonds. The number of amides is 1. The maximum absolute atomic E-state index is 13.1. The second kappa shape index (κ2) is 7.35. The molecule has 0 aromatic heterocycles. The van der Waals surface area contributed by atoms with Crippen LogP contribution in [0.2, 0.25) is 0 Å². The van der Waals surface area contributed by atoms with E-state index < -0.39 is 0 Å². The van der Waals surface area contributed by atoms with E-state index in [0.717, 1.165) is 12.1 Å². The summed E-state index contributed by atoms with van der Waals surface area (Å²) < 4.78 is 11.4. The number of fused-ring (bicyclic) bond motifs is 1. The van der Waals surface area contributed by atoms with E-state index in [0.29, 0.717) is 34.6 Å². The van der Waals surface area contributed by atoms with Crippen LogP contribution >= 0.6 is 15.9 Å². The van der Waals surface area contributed by atoms with Crippen molar-refractivity contribution in [3.05, 3.63) is 52.0 Å². The van der Waals surface area contributed by atoms with Gasteiger partial charge < -0.3 is 19.3 Å². The second-order valence-corrected chi connectivity index (χ2v) is 6.76. The van der Waals surface area contributed by atoms with Crippen molar-refractivity contribution < 1.29 is 14.3 Å². The molecule has 0 bridgehead atoms. The molecular weight excluding hydrogens is 384 g/mol. The third kappa shape index (κ3) is 3.44. The lowest BCUT2D eigenvalue weighted by Gasteiger charge is -2.22. The molecule has 0 unspecified atom stereocenters. The maximum Gasteiger partial charge on any atom is 0.254 e. The third-order valence-corrected chi connectivity index (χ3v) is 5.23. The zero-order valence-corrected chi connectivity index (χ0v) is 16.2. The summed E-state index contributed by atoms with van der Waals surface area (Å²) in [5.41, 5.74) is 2.87. The number of ether oxygens (including phenoxy) is 2. The minimum absolute atomic E-state index is 0.0331. The van der Waals surface area contributed by atoms with Crippen LogP contribution in [-0.2, 0) is 6.54 Å². The number of carbonyl (C=O) groups excluding carboxylic acids is 1. The lowest BCUT2D eigenvalue weighted by atomic mass is 10.1. The highest BCUT2D eigenvalue weighted by Gasteiger charge is 2.24. The highest BCUT2D eigenvalue weighted by atomic mass is 79.9. The Morgan fingerprint density at radius 1 is 1.08 bits per heavy atom. The van der Waals surface area contributed by atoms with Crippen LogP contribution in [-0.4, -0.2) is 45.2 Å². The molecule has 1 heterocycles. The van der Waals surface area contributed by atoms with Gasteiger partial charge in [0.15, 0.2) is 0 Å². The van der Waals surface area contributed by atoms with E-state index in [4.69, 9.17) is 9.47 Å². The van der Waals surface area contributed by atoms with E-state index in [-0.39, 0.29) is 5.91 Å². The van der Waals surface area contributed by atoms with E-state index >= 15 is 0 Å². The van der Waals surface area contributed by atoms with Crippen LogP contribution in [0.15, 0.2) is 40.9 Å². The van der Waals surface area contributed by atoms with E-state index in [1.807, 2.05) is 17.0 Å². The topological polar surface area (TPSA) is 42.0 Å². The Labute approximate surface area is 156 Å². The lowest BCUT2D eigenvalue weighted by Crippen LogP contribution is -2.34. The fourth-order valence-electron chi connectivity index (χ4n) is 3.04. The summed E-state index contributed by atoms with van der Waals surface area (Å²) in [4.78, 5) is 17.1. The fourth-order valence-corrected chi connectivity index (χ4v) is 3.59. The first-order valence-electron chi connectivity index (χ1n) is 8.05. The van der Waals surface area contributed by atoms with Gasteiger partial charge >= 0.3 is 0 Å². The number of methoxy groups -OCH3 is 2. The number of hydrogen-bond acceptors (Lipinski definition) is 4. The van der Waals surface area contributed by atoms with E-state index in [1.54, 1.807) is 26.4 Å². The van der Waals surface area contributed by atoms with Crippen LogP contribution < -0.4 is 14.4 Å². The Balaban J connectivity index is 1.94. The van der Waals surface area contributed by atoms with Gasteiger partial charge in [-0.25, -0.2) is 0 Å². The molecule has 0 N–H and O–H groups in total. The highest BCUT2D eigenvalue weighted by molar-refractivity contribution is 9.10. The van der Waals surface area contributed by atoms with Gasteiger partial charge in [-0.15, -0.1) is 0 Å². The van der Waals surface area contributed by atoms with Crippen molar-refractivity contribution in [3.8, 4) is 11.5 Å². The molecule has 6 heteroatoms. The molecule has 5 nitrogen and oxygen atoms in total. The van der Waals surface area contributed by atoms with Gasteiger partial charge in [-0.1, -0.05) is 18.2 Å². The monoisotopic (exact) mass is 404 g/mol. The van der Waals surface area contributed by atoms with Gasteiger partial charge in [0, 0.05) is 37.9 Å². The molecule has 0 aliphatic carbocycles. The average Bonchev–Trinajstić information content (AvgIpc) is 2.81. The third-order valence-electron chi connectivity index (χ3n) is 4.45. The Hall–Kier alpha value is -2.21. The smallest absolute Gasteiger partial charge is 0.254 e. The van der Waals surface area contributed by atoms with Gasteiger partial charge in [-0.2, -0.15) is 0 Å². The molecule has 2 aromatic carbocycles. The Morgan fingerprint density at radius 3 is 2.36 bits per heavy atom. The first kappa shape index (κ1) is 17.6. The Morgan fingerprint density at radius 2 is 1.72 bits per heavy atom. The van der Waals surface area contributed by atoms with Crippen LogP contribution in [0.25, 0.3) is 0 Å². The molecule has 1 aliphatic heterocycles. The second-order valence-electron chi connectivity index (χ2n) is 5.97. The predicted molar refractivity (Wildman–Crippen MR) is 102 cm³/mol. The first-order valence-corrected chi connectivity index (χ1v) is 8.84. The van der Waals surface area contributed by atoms with Gasteiger partial charge in [0.05, 0.1) is 14.2 Å². The number of benzene rings is 2. The first-order chi connectivity index (χ1) is 12.0. The summed E-state index contributed by atoms with van der Waals surface area (Å²) in [6.07, 6.45) is 0. The highest BCUT2D eigenvalue weighted by Crippen LogP contribution is 2.36. The maximum atomic E-state index is 13.1. The van der Waals surface area contributed by atoms with Gasteiger partial charge in [0.1, 0.15) is 16.0 Å². The summed E-state index contributed by atoms with van der Waals surface area (Å²) in [5, 5.41) is 0. The van der Waals surface area contributed by atoms with Crippen LogP contribution in [0.1, 0.15) is 15.9 Å². The number of carbonyl (C=O) groups is 1. The van der Waals surface area contributed by atoms with Gasteiger partial charge in [0.25, 0.3) is 5.91 Å². The number of nitrogens with zero attached hydrogens (tertiary/aromatic N) is 2. The largest absolute Gasteiger partial charge is 0.495 e. The standard InChI is InChI=1S/C19H21BrN2O3/c1-21-8-9-22(12-13-6-4-5-7-15(13)21)19(23)14-10-16(24-2)18(20)17(11-14)25-3/h4-7,10-11H,8-9,12H2,1-3H3. The Bertz CT molecular complexity index is 769. The summed E-state index contributed by atoms with van der Waals surface area (Å²) in [5.74, 6) is 1.12. The van der Waals surface area contributed by atoms with E-state index in [1.165, 1.54) is 5.69 Å². The van der Waals surface area contributed by atoms with Gasteiger partial charge in [0.2, 0.25) is 0 Å². The molecule has 25 heavy (non-hydrogen) atoms. The number of halogens is 1. The van der Waals surface area contributed by atoms with Crippen LogP contribution in [0.3, 0.4) is 0 Å². The minimum Gasteiger partial charge on any atom is -0.495 e. The van der Waals surface area contributed by atoms with Crippen molar-refractivity contribution in [3.63, 3.8) is 0 Å². The van der Waals surface area contributed by atoms with Crippen molar-refractivity contribution in [2.45, 2.75) is 6.54 Å². The number of likely N-dealkylation sites (N-methyl/N-ethyl adjacent to an activating group) is 1. The molecule has 1 aliphatic rings. The average molecular weight is 405 g/mol. The van der Waals surface area contributed by atoms with Crippen molar-refractivity contribution >= 4 is 27.5 Å². The van der Waals surface area contributed by atoms with Crippen molar-refractivity contribution in [2.24, 2.45) is 0 Å². The quantitative estimate of drug-likeness (QED) is 0.783. The predicted octanol–water partition coefficient (Wildman–Crippen LogP) is 3.56. The summed E-state index contributed by atoms with van der Waals surface area (Å²) in [6, 6.07) is 11.7. The molecule has 2 aromatic rings. The molecule has 0 fully saturated rings. The number of hydrogen-bond donors (Lipinski definition) is 0. The number of anilines is 1. The van der Waals surface area contributed by atoms with Gasteiger partial charge in [-0.05, 0) is 39.7 Å². The molecule has 0 saturated carbocycles. The number of rotatable bonds is 3. The summed E-state index contributed by atoms with van der Waals surface area (Å²) >= 11 is 3.44. The molecule has 0 radical (unpaired) electrons. The molecule has 3 rings (SSSR count). The van der Waals surface area contributed by atoms with Crippen molar-refractivity contribution in [2.75, 3.05) is 39.3 Å². The summed E-state index contributed by atoms with van der Waals surface area (Å²) in [7, 11) is 5.20. The van der Waals surface area contributed by atoms with Gasteiger partial charge in [-0.3, -0.25) is 4.79 Å². The Kier molecular flexibility index (Phi) is 5.18. The lowest BCUT2D eigenvalue weighted by molar-refractivity contribution is 0.0751. The van der Waals surface area contributed by atoms with Crippen molar-refractivity contribution in [1.82, 2.24) is 4.90 Å². The molecule has 0 atom stereocenters. The fraction of sp³-hybridized carbons (Fsp3) is 0.316. The number of para-hydroxylation sites is 1. The zero-order valence-electron chi connectivity index (χ0n) is 14.6. The zero-order chi connectivity index (χ0) is 18.0. The van der Waals surface area contributed by atoms with E-state index in [2.05, 4.69) is 40.0 Å². The molecule has 0 spiro atoms. The van der Waals surface area contributed by atoms with Crippen LogP contribution in [0.4, 0.5) is 5.69 Å². The minimum atomic E-state index is -0.0331. The van der Waals surface area contributed by atoms with Crippen LogP contribution in [0.5, 0.6) is 11.5 Å². The van der Waals surface area contributed by atoms with Crippen LogP contribution in [0, 0.1) is 0 Å². The normalized spacial score (nSPS) is 13.9. The van der Waals surface area contributed by atoms with E-state index in [9.17, 15) is 4.79 Å². The summed E-state index contributed by atoms with van der Waals surface area (Å²) in [6.45, 7) is 2.03. The van der Waals surface area contributed by atoms with Crippen molar-refractivity contribution in [1.29, 1.82) is 0 Å². The molecule has 132 valence electrons. The molecule has 0 saturated heterocycles. The molecular formula is C19H21BrN2O3.